The second-order valence-corrected chi connectivity index (χ2v) is 2.92. The monoisotopic (exact) mass is 189 g/mol. The molecule has 0 aliphatic heterocycles. The van der Waals surface area contributed by atoms with Crippen molar-refractivity contribution in [2.45, 2.75) is 0 Å². The SMILES string of the molecule is O=C(O)c1c[n+]([O-])cc2ccccc12. The van der Waals surface area contributed by atoms with Gasteiger partial charge in [-0.2, -0.15) is 4.73 Å². The molecule has 0 atom stereocenters. The van der Waals surface area contributed by atoms with E-state index in [1.807, 2.05) is 0 Å². The molecule has 0 spiro atoms. The van der Waals surface area contributed by atoms with Crippen LogP contribution in [0.15, 0.2) is 36.7 Å². The summed E-state index contributed by atoms with van der Waals surface area (Å²) in [5.41, 5.74) is 0.0260. The van der Waals surface area contributed by atoms with Crippen LogP contribution in [0.4, 0.5) is 0 Å². The number of nitrogens with zero attached hydrogens (tertiary/aromatic N) is 1. The molecule has 0 unspecified atom stereocenters. The molecule has 0 saturated heterocycles. The third-order valence-corrected chi connectivity index (χ3v) is 2.00. The molecule has 4 heteroatoms. The summed E-state index contributed by atoms with van der Waals surface area (Å²) in [6.07, 6.45) is 2.41. The van der Waals surface area contributed by atoms with Crippen LogP contribution in [0.3, 0.4) is 0 Å². The number of rotatable bonds is 1. The summed E-state index contributed by atoms with van der Waals surface area (Å²) in [5.74, 6) is -1.09. The number of hydrogen-bond acceptors (Lipinski definition) is 2. The van der Waals surface area contributed by atoms with E-state index >= 15 is 0 Å². The van der Waals surface area contributed by atoms with Gasteiger partial charge in [-0.1, -0.05) is 18.2 Å². The Hall–Kier alpha value is -2.10. The molecule has 1 N–H and O–H groups in total. The number of pyridine rings is 1. The van der Waals surface area contributed by atoms with Crippen LogP contribution in [0, 0.1) is 5.21 Å². The van der Waals surface area contributed by atoms with Crippen molar-refractivity contribution in [3.63, 3.8) is 0 Å². The van der Waals surface area contributed by atoms with Gasteiger partial charge in [0.1, 0.15) is 5.56 Å². The van der Waals surface area contributed by atoms with Crippen LogP contribution in [0.25, 0.3) is 10.8 Å². The van der Waals surface area contributed by atoms with Crippen molar-refractivity contribution in [3.05, 3.63) is 47.4 Å². The van der Waals surface area contributed by atoms with Crippen LogP contribution in [0.5, 0.6) is 0 Å². The third kappa shape index (κ3) is 1.26. The fraction of sp³-hybridized carbons (Fsp3) is 0. The molecule has 0 fully saturated rings. The standard InChI is InChI=1S/C10H7NO3/c12-10(13)9-6-11(14)5-7-3-1-2-4-8(7)9/h1-6H,(H,12,13). The first-order chi connectivity index (χ1) is 6.68. The highest BCUT2D eigenvalue weighted by Gasteiger charge is 2.12. The van der Waals surface area contributed by atoms with Crippen molar-refractivity contribution in [3.8, 4) is 0 Å². The molecule has 0 bridgehead atoms. The molecule has 1 heterocycles. The van der Waals surface area contributed by atoms with E-state index in [-0.39, 0.29) is 5.56 Å². The lowest BCUT2D eigenvalue weighted by atomic mass is 10.1. The van der Waals surface area contributed by atoms with Crippen LogP contribution >= 0.6 is 0 Å². The fourth-order valence-electron chi connectivity index (χ4n) is 1.40. The van der Waals surface area contributed by atoms with E-state index in [0.717, 1.165) is 6.20 Å². The average Bonchev–Trinajstić information content (AvgIpc) is 2.16. The fourth-order valence-corrected chi connectivity index (χ4v) is 1.40. The second-order valence-electron chi connectivity index (χ2n) is 2.92. The number of carbonyl (C=O) groups is 1. The average molecular weight is 189 g/mol. The van der Waals surface area contributed by atoms with Crippen molar-refractivity contribution in [1.29, 1.82) is 0 Å². The molecular formula is C10H7NO3. The normalized spacial score (nSPS) is 10.3. The van der Waals surface area contributed by atoms with Crippen LogP contribution in [-0.4, -0.2) is 11.1 Å². The van der Waals surface area contributed by atoms with Crippen LogP contribution in [0.1, 0.15) is 10.4 Å². The number of aromatic nitrogens is 1. The van der Waals surface area contributed by atoms with Gasteiger partial charge >= 0.3 is 5.97 Å². The summed E-state index contributed by atoms with van der Waals surface area (Å²) in [6, 6.07) is 6.88. The predicted octanol–water partition coefficient (Wildman–Crippen LogP) is 1.17. The summed E-state index contributed by atoms with van der Waals surface area (Å²) < 4.78 is 0.506. The second kappa shape index (κ2) is 2.99. The lowest BCUT2D eigenvalue weighted by Crippen LogP contribution is -2.26. The zero-order chi connectivity index (χ0) is 10.1. The van der Waals surface area contributed by atoms with Crippen molar-refractivity contribution >= 4 is 16.7 Å². The molecule has 1 aromatic heterocycles. The van der Waals surface area contributed by atoms with Gasteiger partial charge < -0.3 is 10.3 Å². The van der Waals surface area contributed by atoms with Crippen molar-refractivity contribution in [2.75, 3.05) is 0 Å². The number of carboxylic acids is 1. The zero-order valence-electron chi connectivity index (χ0n) is 7.18. The van der Waals surface area contributed by atoms with E-state index in [1.54, 1.807) is 24.3 Å². The number of fused-ring (bicyclic) bond motifs is 1. The number of aromatic carboxylic acids is 1. The van der Waals surface area contributed by atoms with Crippen LogP contribution < -0.4 is 4.73 Å². The summed E-state index contributed by atoms with van der Waals surface area (Å²) in [4.78, 5) is 10.8. The molecule has 0 amide bonds. The van der Waals surface area contributed by atoms with Crippen molar-refractivity contribution in [1.82, 2.24) is 0 Å². The largest absolute Gasteiger partial charge is 0.619 e. The Bertz CT molecular complexity index is 508. The highest BCUT2D eigenvalue weighted by Crippen LogP contribution is 2.15. The first kappa shape index (κ1) is 8.50. The maximum atomic E-state index is 11.1. The first-order valence-electron chi connectivity index (χ1n) is 4.03. The van der Waals surface area contributed by atoms with Crippen LogP contribution in [-0.2, 0) is 0 Å². The Labute approximate surface area is 79.6 Å². The predicted molar refractivity (Wildman–Crippen MR) is 49.9 cm³/mol. The summed E-state index contributed by atoms with van der Waals surface area (Å²) >= 11 is 0. The topological polar surface area (TPSA) is 64.2 Å². The van der Waals surface area contributed by atoms with E-state index in [4.69, 9.17) is 5.11 Å². The molecule has 0 saturated carbocycles. The highest BCUT2D eigenvalue weighted by atomic mass is 16.5. The number of benzene rings is 1. The summed E-state index contributed by atoms with van der Waals surface area (Å²) in [6.45, 7) is 0. The molecule has 0 radical (unpaired) electrons. The maximum absolute atomic E-state index is 11.1. The number of hydrogen-bond donors (Lipinski definition) is 1. The van der Waals surface area contributed by atoms with Gasteiger partial charge in [-0.3, -0.25) is 0 Å². The molecule has 1 aromatic carbocycles. The van der Waals surface area contributed by atoms with Gasteiger partial charge in [-0.25, -0.2) is 4.79 Å². The van der Waals surface area contributed by atoms with Crippen molar-refractivity contribution < 1.29 is 14.6 Å². The number of carboxylic acid groups (broad SMARTS) is 1. The van der Waals surface area contributed by atoms with Gasteiger partial charge in [0.05, 0.1) is 0 Å². The zero-order valence-corrected chi connectivity index (χ0v) is 7.18. The van der Waals surface area contributed by atoms with E-state index in [2.05, 4.69) is 0 Å². The van der Waals surface area contributed by atoms with Gasteiger partial charge in [0, 0.05) is 10.8 Å². The van der Waals surface area contributed by atoms with Crippen molar-refractivity contribution in [2.24, 2.45) is 0 Å². The smallest absolute Gasteiger partial charge is 0.342 e. The minimum Gasteiger partial charge on any atom is -0.619 e. The van der Waals surface area contributed by atoms with E-state index < -0.39 is 5.97 Å². The Morgan fingerprint density at radius 3 is 2.71 bits per heavy atom. The minimum atomic E-state index is -1.09. The van der Waals surface area contributed by atoms with Gasteiger partial charge in [-0.05, 0) is 6.07 Å². The Morgan fingerprint density at radius 2 is 2.00 bits per heavy atom. The minimum absolute atomic E-state index is 0.0260. The third-order valence-electron chi connectivity index (χ3n) is 2.00. The Morgan fingerprint density at radius 1 is 1.29 bits per heavy atom. The summed E-state index contributed by atoms with van der Waals surface area (Å²) in [5, 5.41) is 21.1. The van der Waals surface area contributed by atoms with Gasteiger partial charge in [0.25, 0.3) is 0 Å². The quantitative estimate of drug-likeness (QED) is 0.541. The van der Waals surface area contributed by atoms with Gasteiger partial charge in [0.2, 0.25) is 0 Å². The molecular weight excluding hydrogens is 182 g/mol. The first-order valence-corrected chi connectivity index (χ1v) is 4.03. The lowest BCUT2D eigenvalue weighted by molar-refractivity contribution is -0.604. The molecule has 0 aliphatic carbocycles. The molecule has 2 aromatic rings. The molecule has 70 valence electrons. The van der Waals surface area contributed by atoms with E-state index in [1.165, 1.54) is 6.20 Å². The lowest BCUT2D eigenvalue weighted by Gasteiger charge is -2.02. The molecule has 2 rings (SSSR count). The highest BCUT2D eigenvalue weighted by molar-refractivity contribution is 6.02. The van der Waals surface area contributed by atoms with Gasteiger partial charge in [-0.15, -0.1) is 0 Å². The van der Waals surface area contributed by atoms with E-state index in [9.17, 15) is 10.0 Å². The molecule has 0 aliphatic rings. The Balaban J connectivity index is 2.87. The van der Waals surface area contributed by atoms with Gasteiger partial charge in [0.15, 0.2) is 12.4 Å². The Kier molecular flexibility index (Phi) is 1.81. The van der Waals surface area contributed by atoms with E-state index in [0.29, 0.717) is 15.5 Å². The molecule has 14 heavy (non-hydrogen) atoms. The maximum Gasteiger partial charge on any atom is 0.342 e. The molecule has 4 nitrogen and oxygen atoms in total. The van der Waals surface area contributed by atoms with Crippen LogP contribution in [0.2, 0.25) is 0 Å². The summed E-state index contributed by atoms with van der Waals surface area (Å²) in [7, 11) is 0.